The summed E-state index contributed by atoms with van der Waals surface area (Å²) in [5.41, 5.74) is 0.993. The van der Waals surface area contributed by atoms with Gasteiger partial charge in [-0.3, -0.25) is 9.59 Å². The van der Waals surface area contributed by atoms with Gasteiger partial charge in [0.05, 0.1) is 10.6 Å². The molecule has 116 valence electrons. The third-order valence-electron chi connectivity index (χ3n) is 2.77. The number of nitrogens with one attached hydrogen (secondary N) is 3. The van der Waals surface area contributed by atoms with Crippen LogP contribution in [0.4, 0.5) is 5.69 Å². The van der Waals surface area contributed by atoms with E-state index in [1.165, 1.54) is 0 Å². The van der Waals surface area contributed by atoms with Crippen LogP contribution in [0.15, 0.2) is 18.2 Å². The zero-order chi connectivity index (χ0) is 15.8. The zero-order valence-corrected chi connectivity index (χ0v) is 13.4. The maximum atomic E-state index is 12.0. The smallest absolute Gasteiger partial charge is 0.252 e. The number of hydrogen-bond acceptors (Lipinski definition) is 3. The molecule has 0 bridgehead atoms. The van der Waals surface area contributed by atoms with Crippen molar-refractivity contribution in [3.05, 3.63) is 28.8 Å². The van der Waals surface area contributed by atoms with Crippen molar-refractivity contribution in [1.82, 2.24) is 10.6 Å². The number of benzene rings is 1. The van der Waals surface area contributed by atoms with Gasteiger partial charge in [-0.05, 0) is 31.2 Å². The van der Waals surface area contributed by atoms with Crippen LogP contribution in [0.1, 0.15) is 30.6 Å². The first-order chi connectivity index (χ1) is 9.93. The van der Waals surface area contributed by atoms with Gasteiger partial charge in [-0.25, -0.2) is 0 Å². The van der Waals surface area contributed by atoms with Crippen molar-refractivity contribution in [3.8, 4) is 0 Å². The molecule has 0 spiro atoms. The molecule has 1 rings (SSSR count). The van der Waals surface area contributed by atoms with Gasteiger partial charge in [-0.1, -0.05) is 25.4 Å². The number of amides is 2. The molecule has 0 fully saturated rings. The van der Waals surface area contributed by atoms with Crippen molar-refractivity contribution >= 4 is 29.1 Å². The van der Waals surface area contributed by atoms with E-state index >= 15 is 0 Å². The summed E-state index contributed by atoms with van der Waals surface area (Å²) in [4.78, 5) is 23.6. The van der Waals surface area contributed by atoms with Crippen LogP contribution < -0.4 is 16.0 Å². The van der Waals surface area contributed by atoms with E-state index in [2.05, 4.69) is 16.0 Å². The first-order valence-corrected chi connectivity index (χ1v) is 7.34. The van der Waals surface area contributed by atoms with Crippen LogP contribution in [0.2, 0.25) is 5.02 Å². The molecule has 0 heterocycles. The van der Waals surface area contributed by atoms with E-state index in [4.69, 9.17) is 11.6 Å². The third kappa shape index (κ3) is 6.14. The Balaban J connectivity index is 2.67. The van der Waals surface area contributed by atoms with Crippen molar-refractivity contribution < 1.29 is 9.59 Å². The van der Waals surface area contributed by atoms with E-state index in [1.807, 2.05) is 13.8 Å². The van der Waals surface area contributed by atoms with Crippen LogP contribution in [-0.4, -0.2) is 32.0 Å². The Morgan fingerprint density at radius 1 is 1.29 bits per heavy atom. The Morgan fingerprint density at radius 3 is 2.57 bits per heavy atom. The predicted octanol–water partition coefficient (Wildman–Crippen LogP) is 2.27. The fourth-order valence-corrected chi connectivity index (χ4v) is 1.90. The van der Waals surface area contributed by atoms with Crippen molar-refractivity contribution in [2.24, 2.45) is 5.92 Å². The van der Waals surface area contributed by atoms with Crippen LogP contribution in [0.5, 0.6) is 0 Å². The summed E-state index contributed by atoms with van der Waals surface area (Å²) in [6, 6.07) is 4.88. The molecule has 1 aromatic carbocycles. The molecule has 3 N–H and O–H groups in total. The van der Waals surface area contributed by atoms with E-state index in [9.17, 15) is 9.59 Å². The summed E-state index contributed by atoms with van der Waals surface area (Å²) in [6.45, 7) is 5.24. The Kier molecular flexibility index (Phi) is 7.19. The van der Waals surface area contributed by atoms with Crippen molar-refractivity contribution in [3.63, 3.8) is 0 Å². The van der Waals surface area contributed by atoms with Gasteiger partial charge in [-0.15, -0.1) is 0 Å². The van der Waals surface area contributed by atoms with Gasteiger partial charge >= 0.3 is 0 Å². The molecule has 0 unspecified atom stereocenters. The number of carbonyl (C=O) groups is 2. The minimum atomic E-state index is -0.207. The highest BCUT2D eigenvalue weighted by Gasteiger charge is 2.12. The second-order valence-corrected chi connectivity index (χ2v) is 5.61. The summed E-state index contributed by atoms with van der Waals surface area (Å²) in [6.07, 6.45) is 0.380. The normalized spacial score (nSPS) is 10.5. The molecule has 5 nitrogen and oxygen atoms in total. The summed E-state index contributed by atoms with van der Waals surface area (Å²) >= 11 is 6.10. The van der Waals surface area contributed by atoms with E-state index in [0.29, 0.717) is 41.7 Å². The fraction of sp³-hybridized carbons (Fsp3) is 0.467. The lowest BCUT2D eigenvalue weighted by molar-refractivity contribution is -0.116. The molecule has 0 saturated carbocycles. The SMILES string of the molecule is CNCCC(=O)Nc1ccc(C(=O)NCC(C)C)c(Cl)c1. The van der Waals surface area contributed by atoms with E-state index in [-0.39, 0.29) is 11.8 Å². The van der Waals surface area contributed by atoms with Crippen molar-refractivity contribution in [1.29, 1.82) is 0 Å². The molecular formula is C15H22ClN3O2. The molecule has 0 aromatic heterocycles. The minimum Gasteiger partial charge on any atom is -0.352 e. The lowest BCUT2D eigenvalue weighted by Crippen LogP contribution is -2.27. The Morgan fingerprint density at radius 2 is 2.00 bits per heavy atom. The molecule has 0 aliphatic carbocycles. The second-order valence-electron chi connectivity index (χ2n) is 5.20. The van der Waals surface area contributed by atoms with Crippen LogP contribution >= 0.6 is 11.6 Å². The van der Waals surface area contributed by atoms with Crippen molar-refractivity contribution in [2.75, 3.05) is 25.5 Å². The molecule has 0 aliphatic rings. The maximum absolute atomic E-state index is 12.0. The molecule has 0 aliphatic heterocycles. The molecule has 21 heavy (non-hydrogen) atoms. The Labute approximate surface area is 130 Å². The Bertz CT molecular complexity index is 504. The second kappa shape index (κ2) is 8.64. The summed E-state index contributed by atoms with van der Waals surface area (Å²) < 4.78 is 0. The highest BCUT2D eigenvalue weighted by molar-refractivity contribution is 6.34. The first-order valence-electron chi connectivity index (χ1n) is 6.96. The van der Waals surface area contributed by atoms with Gasteiger partial charge in [0.1, 0.15) is 0 Å². The van der Waals surface area contributed by atoms with Crippen LogP contribution in [0.3, 0.4) is 0 Å². The molecular weight excluding hydrogens is 290 g/mol. The van der Waals surface area contributed by atoms with Gasteiger partial charge < -0.3 is 16.0 Å². The average molecular weight is 312 g/mol. The number of halogens is 1. The first kappa shape index (κ1) is 17.5. The Hall–Kier alpha value is -1.59. The lowest BCUT2D eigenvalue weighted by atomic mass is 10.1. The van der Waals surface area contributed by atoms with Gasteiger partial charge in [0.2, 0.25) is 5.91 Å². The topological polar surface area (TPSA) is 70.2 Å². The molecule has 0 atom stereocenters. The van der Waals surface area contributed by atoms with Crippen molar-refractivity contribution in [2.45, 2.75) is 20.3 Å². The van der Waals surface area contributed by atoms with Crippen LogP contribution in [0, 0.1) is 5.92 Å². The zero-order valence-electron chi connectivity index (χ0n) is 12.6. The summed E-state index contributed by atoms with van der Waals surface area (Å²) in [5.74, 6) is 0.0673. The van der Waals surface area contributed by atoms with Gasteiger partial charge in [-0.2, -0.15) is 0 Å². The highest BCUT2D eigenvalue weighted by atomic mass is 35.5. The monoisotopic (exact) mass is 311 g/mol. The molecule has 0 saturated heterocycles. The largest absolute Gasteiger partial charge is 0.352 e. The van der Waals surface area contributed by atoms with E-state index in [0.717, 1.165) is 0 Å². The van der Waals surface area contributed by atoms with Gasteiger partial charge in [0.25, 0.3) is 5.91 Å². The third-order valence-corrected chi connectivity index (χ3v) is 3.08. The van der Waals surface area contributed by atoms with E-state index < -0.39 is 0 Å². The molecule has 1 aromatic rings. The average Bonchev–Trinajstić information content (AvgIpc) is 2.42. The number of hydrogen-bond donors (Lipinski definition) is 3. The van der Waals surface area contributed by atoms with Gasteiger partial charge in [0, 0.05) is 25.2 Å². The summed E-state index contributed by atoms with van der Waals surface area (Å²) in [5, 5.41) is 8.77. The predicted molar refractivity (Wildman–Crippen MR) is 85.8 cm³/mol. The van der Waals surface area contributed by atoms with Crippen LogP contribution in [-0.2, 0) is 4.79 Å². The van der Waals surface area contributed by atoms with E-state index in [1.54, 1.807) is 25.2 Å². The number of rotatable bonds is 7. The molecule has 6 heteroatoms. The number of carbonyl (C=O) groups excluding carboxylic acids is 2. The molecule has 2 amide bonds. The highest BCUT2D eigenvalue weighted by Crippen LogP contribution is 2.21. The van der Waals surface area contributed by atoms with Crippen LogP contribution in [0.25, 0.3) is 0 Å². The standard InChI is InChI=1S/C15H22ClN3O2/c1-10(2)9-18-15(21)12-5-4-11(8-13(12)16)19-14(20)6-7-17-3/h4-5,8,10,17H,6-7,9H2,1-3H3,(H,18,21)(H,19,20). The quantitative estimate of drug-likeness (QED) is 0.723. The molecule has 0 radical (unpaired) electrons. The summed E-state index contributed by atoms with van der Waals surface area (Å²) in [7, 11) is 1.79. The van der Waals surface area contributed by atoms with Gasteiger partial charge in [0.15, 0.2) is 0 Å². The number of anilines is 1. The lowest BCUT2D eigenvalue weighted by Gasteiger charge is -2.10. The maximum Gasteiger partial charge on any atom is 0.252 e. The fourth-order valence-electron chi connectivity index (χ4n) is 1.63. The minimum absolute atomic E-state index is 0.0996.